The van der Waals surface area contributed by atoms with Gasteiger partial charge in [0.15, 0.2) is 0 Å². The summed E-state index contributed by atoms with van der Waals surface area (Å²) in [6.07, 6.45) is -0.169. The standard InChI is InChI=1S/C14H20N2O3S2/c1-10(19-3)8-16-21(17,18)14-11-6-4-5-7-12(11)20-13(14)9-15-2/h4-7,10,15-16H,8-9H2,1-3H3. The van der Waals surface area contributed by atoms with E-state index >= 15 is 0 Å². The Morgan fingerprint density at radius 3 is 2.71 bits per heavy atom. The third-order valence-corrected chi connectivity index (χ3v) is 6.04. The Balaban J connectivity index is 2.45. The minimum absolute atomic E-state index is 0.169. The first-order chi connectivity index (χ1) is 9.99. The molecule has 2 N–H and O–H groups in total. The van der Waals surface area contributed by atoms with E-state index in [1.807, 2.05) is 31.2 Å². The molecule has 0 fully saturated rings. The first-order valence-corrected chi connectivity index (χ1v) is 8.97. The van der Waals surface area contributed by atoms with Crippen molar-refractivity contribution < 1.29 is 13.2 Å². The van der Waals surface area contributed by atoms with Crippen LogP contribution >= 0.6 is 11.3 Å². The van der Waals surface area contributed by atoms with Crippen molar-refractivity contribution in [2.45, 2.75) is 24.5 Å². The molecule has 0 spiro atoms. The van der Waals surface area contributed by atoms with E-state index in [0.717, 1.165) is 15.0 Å². The van der Waals surface area contributed by atoms with Gasteiger partial charge in [0.1, 0.15) is 4.90 Å². The lowest BCUT2D eigenvalue weighted by atomic mass is 10.2. The SMILES string of the molecule is CNCc1sc2ccccc2c1S(=O)(=O)NCC(C)OC. The molecule has 5 nitrogen and oxygen atoms in total. The van der Waals surface area contributed by atoms with Gasteiger partial charge in [-0.15, -0.1) is 11.3 Å². The van der Waals surface area contributed by atoms with Gasteiger partial charge in [-0.05, 0) is 20.0 Å². The molecule has 1 heterocycles. The van der Waals surface area contributed by atoms with Gasteiger partial charge in [0.25, 0.3) is 0 Å². The number of ether oxygens (including phenoxy) is 1. The van der Waals surface area contributed by atoms with Gasteiger partial charge in [0, 0.05) is 35.2 Å². The van der Waals surface area contributed by atoms with Gasteiger partial charge in [-0.25, -0.2) is 13.1 Å². The molecule has 21 heavy (non-hydrogen) atoms. The molecule has 1 aromatic heterocycles. The number of benzene rings is 1. The summed E-state index contributed by atoms with van der Waals surface area (Å²) in [6, 6.07) is 7.56. The van der Waals surface area contributed by atoms with Crippen molar-refractivity contribution in [3.8, 4) is 0 Å². The molecule has 1 atom stereocenters. The molecule has 0 saturated heterocycles. The summed E-state index contributed by atoms with van der Waals surface area (Å²) in [6.45, 7) is 2.60. The summed E-state index contributed by atoms with van der Waals surface area (Å²) in [4.78, 5) is 1.19. The first kappa shape index (κ1) is 16.4. The van der Waals surface area contributed by atoms with Crippen LogP contribution in [0.1, 0.15) is 11.8 Å². The molecule has 7 heteroatoms. The molecule has 116 valence electrons. The van der Waals surface area contributed by atoms with Crippen LogP contribution in [0.15, 0.2) is 29.2 Å². The van der Waals surface area contributed by atoms with Crippen molar-refractivity contribution in [3.05, 3.63) is 29.1 Å². The fourth-order valence-electron chi connectivity index (χ4n) is 2.03. The van der Waals surface area contributed by atoms with E-state index in [-0.39, 0.29) is 12.6 Å². The van der Waals surface area contributed by atoms with Crippen LogP contribution in [0.4, 0.5) is 0 Å². The summed E-state index contributed by atoms with van der Waals surface area (Å²) in [7, 11) is -0.193. The second kappa shape index (κ2) is 6.85. The fraction of sp³-hybridized carbons (Fsp3) is 0.429. The molecular weight excluding hydrogens is 308 g/mol. The van der Waals surface area contributed by atoms with Crippen LogP contribution in [-0.4, -0.2) is 35.2 Å². The van der Waals surface area contributed by atoms with Gasteiger partial charge in [-0.1, -0.05) is 18.2 Å². The van der Waals surface area contributed by atoms with Gasteiger partial charge < -0.3 is 10.1 Å². The highest BCUT2D eigenvalue weighted by molar-refractivity contribution is 7.90. The van der Waals surface area contributed by atoms with Gasteiger partial charge in [0.2, 0.25) is 10.0 Å². The van der Waals surface area contributed by atoms with Gasteiger partial charge in [0.05, 0.1) is 6.10 Å². The number of hydrogen-bond donors (Lipinski definition) is 2. The molecule has 2 rings (SSSR count). The van der Waals surface area contributed by atoms with Crippen LogP contribution in [0.25, 0.3) is 10.1 Å². The highest BCUT2D eigenvalue weighted by Gasteiger charge is 2.24. The zero-order valence-corrected chi connectivity index (χ0v) is 14.0. The molecule has 0 aliphatic heterocycles. The lowest BCUT2D eigenvalue weighted by Gasteiger charge is -2.12. The average Bonchev–Trinajstić information content (AvgIpc) is 2.84. The van der Waals surface area contributed by atoms with E-state index in [1.165, 1.54) is 11.3 Å². The maximum atomic E-state index is 12.6. The highest BCUT2D eigenvalue weighted by atomic mass is 32.2. The average molecular weight is 328 g/mol. The largest absolute Gasteiger partial charge is 0.380 e. The smallest absolute Gasteiger partial charge is 0.242 e. The predicted molar refractivity (Wildman–Crippen MR) is 86.2 cm³/mol. The van der Waals surface area contributed by atoms with Crippen LogP contribution < -0.4 is 10.0 Å². The summed E-state index contributed by atoms with van der Waals surface area (Å²) >= 11 is 1.50. The molecule has 0 radical (unpaired) electrons. The van der Waals surface area contributed by atoms with Crippen molar-refractivity contribution in [1.29, 1.82) is 0 Å². The topological polar surface area (TPSA) is 67.4 Å². The summed E-state index contributed by atoms with van der Waals surface area (Å²) in [5, 5.41) is 3.80. The lowest BCUT2D eigenvalue weighted by Crippen LogP contribution is -2.32. The van der Waals surface area contributed by atoms with E-state index < -0.39 is 10.0 Å². The Morgan fingerprint density at radius 1 is 1.33 bits per heavy atom. The molecule has 1 aromatic carbocycles. The predicted octanol–water partition coefficient (Wildman–Crippen LogP) is 1.93. The van der Waals surface area contributed by atoms with Crippen LogP contribution in [-0.2, 0) is 21.3 Å². The molecule has 0 amide bonds. The van der Waals surface area contributed by atoms with Crippen LogP contribution in [0.2, 0.25) is 0 Å². The van der Waals surface area contributed by atoms with Crippen molar-refractivity contribution >= 4 is 31.4 Å². The zero-order valence-electron chi connectivity index (χ0n) is 12.3. The maximum Gasteiger partial charge on any atom is 0.242 e. The molecule has 0 aliphatic rings. The van der Waals surface area contributed by atoms with E-state index in [9.17, 15) is 8.42 Å². The fourth-order valence-corrected chi connectivity index (χ4v) is 5.09. The minimum atomic E-state index is -3.56. The summed E-state index contributed by atoms with van der Waals surface area (Å²) in [5.41, 5.74) is 0. The van der Waals surface area contributed by atoms with Gasteiger partial charge in [-0.3, -0.25) is 0 Å². The number of methoxy groups -OCH3 is 1. The van der Waals surface area contributed by atoms with E-state index in [0.29, 0.717) is 11.4 Å². The molecule has 0 saturated carbocycles. The maximum absolute atomic E-state index is 12.6. The normalized spacial score (nSPS) is 13.7. The van der Waals surface area contributed by atoms with Crippen LogP contribution in [0.5, 0.6) is 0 Å². The third-order valence-electron chi connectivity index (χ3n) is 3.19. The third kappa shape index (κ3) is 3.61. The van der Waals surface area contributed by atoms with E-state index in [1.54, 1.807) is 14.2 Å². The van der Waals surface area contributed by atoms with Crippen LogP contribution in [0, 0.1) is 0 Å². The number of nitrogens with one attached hydrogen (secondary N) is 2. The summed E-state index contributed by atoms with van der Waals surface area (Å²) < 4.78 is 34.0. The van der Waals surface area contributed by atoms with Crippen molar-refractivity contribution in [2.24, 2.45) is 0 Å². The Bertz CT molecular complexity index is 710. The molecular formula is C14H20N2O3S2. The molecule has 0 aliphatic carbocycles. The Labute approximate surface area is 129 Å². The first-order valence-electron chi connectivity index (χ1n) is 6.67. The zero-order chi connectivity index (χ0) is 15.5. The van der Waals surface area contributed by atoms with Crippen molar-refractivity contribution in [2.75, 3.05) is 20.7 Å². The second-order valence-corrected chi connectivity index (χ2v) is 7.62. The minimum Gasteiger partial charge on any atom is -0.380 e. The van der Waals surface area contributed by atoms with Gasteiger partial charge in [-0.2, -0.15) is 0 Å². The number of hydrogen-bond acceptors (Lipinski definition) is 5. The number of thiophene rings is 1. The van der Waals surface area contributed by atoms with E-state index in [4.69, 9.17) is 4.74 Å². The number of sulfonamides is 1. The Morgan fingerprint density at radius 2 is 2.05 bits per heavy atom. The monoisotopic (exact) mass is 328 g/mol. The molecule has 2 aromatic rings. The Hall–Kier alpha value is -0.990. The second-order valence-electron chi connectivity index (χ2n) is 4.78. The Kier molecular flexibility index (Phi) is 5.34. The lowest BCUT2D eigenvalue weighted by molar-refractivity contribution is 0.122. The van der Waals surface area contributed by atoms with E-state index in [2.05, 4.69) is 10.0 Å². The molecule has 1 unspecified atom stereocenters. The quantitative estimate of drug-likeness (QED) is 0.815. The number of fused-ring (bicyclic) bond motifs is 1. The number of rotatable bonds is 7. The molecule has 0 bridgehead atoms. The van der Waals surface area contributed by atoms with Gasteiger partial charge >= 0.3 is 0 Å². The summed E-state index contributed by atoms with van der Waals surface area (Å²) in [5.74, 6) is 0. The van der Waals surface area contributed by atoms with Crippen LogP contribution in [0.3, 0.4) is 0 Å². The van der Waals surface area contributed by atoms with Crippen molar-refractivity contribution in [1.82, 2.24) is 10.0 Å². The van der Waals surface area contributed by atoms with Crippen molar-refractivity contribution in [3.63, 3.8) is 0 Å². The highest BCUT2D eigenvalue weighted by Crippen LogP contribution is 2.34.